The second-order valence-corrected chi connectivity index (χ2v) is 3.79. The Morgan fingerprint density at radius 2 is 2.31 bits per heavy atom. The lowest BCUT2D eigenvalue weighted by atomic mass is 10.2. The topological polar surface area (TPSA) is 17.8 Å². The van der Waals surface area contributed by atoms with E-state index in [1.54, 1.807) is 0 Å². The molecule has 0 amide bonds. The first-order chi connectivity index (χ1) is 6.27. The number of aromatic nitrogens is 2. The maximum absolute atomic E-state index is 6.08. The van der Waals surface area contributed by atoms with Crippen LogP contribution in [0.25, 0.3) is 0 Å². The van der Waals surface area contributed by atoms with Gasteiger partial charge in [0.25, 0.3) is 0 Å². The van der Waals surface area contributed by atoms with Gasteiger partial charge in [0.05, 0.1) is 11.6 Å². The van der Waals surface area contributed by atoms with Crippen LogP contribution in [-0.2, 0) is 6.54 Å². The van der Waals surface area contributed by atoms with Crippen molar-refractivity contribution in [2.75, 3.05) is 0 Å². The molecule has 0 saturated carbocycles. The molecule has 0 spiro atoms. The van der Waals surface area contributed by atoms with Gasteiger partial charge in [-0.3, -0.25) is 4.68 Å². The molecule has 0 aromatic carbocycles. The highest BCUT2D eigenvalue weighted by atomic mass is 35.5. The van der Waals surface area contributed by atoms with Gasteiger partial charge in [0, 0.05) is 18.3 Å². The molecule has 0 aliphatic rings. The molecule has 1 aromatic heterocycles. The third-order valence-electron chi connectivity index (χ3n) is 2.11. The molecular weight excluding hydrogens is 184 g/mol. The summed E-state index contributed by atoms with van der Waals surface area (Å²) in [4.78, 5) is 0. The summed E-state index contributed by atoms with van der Waals surface area (Å²) in [5.41, 5.74) is 1.14. The molecule has 1 unspecified atom stereocenters. The van der Waals surface area contributed by atoms with Crippen LogP contribution < -0.4 is 0 Å². The minimum atomic E-state index is 0.121. The first-order valence-corrected chi connectivity index (χ1v) is 5.38. The molecule has 0 aliphatic carbocycles. The molecule has 0 fully saturated rings. The van der Waals surface area contributed by atoms with E-state index in [9.17, 15) is 0 Å². The van der Waals surface area contributed by atoms with Gasteiger partial charge >= 0.3 is 0 Å². The van der Waals surface area contributed by atoms with Crippen molar-refractivity contribution in [3.8, 4) is 0 Å². The minimum absolute atomic E-state index is 0.121. The molecule has 0 saturated heterocycles. The Morgan fingerprint density at radius 3 is 2.92 bits per heavy atom. The molecule has 0 radical (unpaired) electrons. The number of hydrogen-bond acceptors (Lipinski definition) is 1. The van der Waals surface area contributed by atoms with Gasteiger partial charge in [0.1, 0.15) is 0 Å². The van der Waals surface area contributed by atoms with E-state index in [2.05, 4.69) is 25.1 Å². The van der Waals surface area contributed by atoms with Crippen molar-refractivity contribution in [2.45, 2.75) is 45.0 Å². The normalized spacial score (nSPS) is 13.2. The predicted molar refractivity (Wildman–Crippen MR) is 56.0 cm³/mol. The molecule has 74 valence electrons. The second-order valence-electron chi connectivity index (χ2n) is 3.27. The largest absolute Gasteiger partial charge is 0.272 e. The average Bonchev–Trinajstić information content (AvgIpc) is 2.62. The zero-order chi connectivity index (χ0) is 9.68. The summed E-state index contributed by atoms with van der Waals surface area (Å²) in [6.07, 6.45) is 7.27. The van der Waals surface area contributed by atoms with Crippen molar-refractivity contribution in [1.82, 2.24) is 9.78 Å². The van der Waals surface area contributed by atoms with Crippen LogP contribution in [0.1, 0.15) is 44.1 Å². The van der Waals surface area contributed by atoms with Gasteiger partial charge in [0.15, 0.2) is 0 Å². The van der Waals surface area contributed by atoms with Gasteiger partial charge in [-0.25, -0.2) is 0 Å². The van der Waals surface area contributed by atoms with E-state index < -0.39 is 0 Å². The van der Waals surface area contributed by atoms with Crippen molar-refractivity contribution in [2.24, 2.45) is 0 Å². The van der Waals surface area contributed by atoms with Gasteiger partial charge in [0.2, 0.25) is 0 Å². The van der Waals surface area contributed by atoms with Crippen LogP contribution in [0.15, 0.2) is 12.4 Å². The molecule has 0 N–H and O–H groups in total. The van der Waals surface area contributed by atoms with E-state index in [-0.39, 0.29) is 5.38 Å². The van der Waals surface area contributed by atoms with Gasteiger partial charge < -0.3 is 0 Å². The first kappa shape index (κ1) is 10.6. The minimum Gasteiger partial charge on any atom is -0.272 e. The van der Waals surface area contributed by atoms with E-state index in [1.807, 2.05) is 10.9 Å². The number of aryl methyl sites for hydroxylation is 1. The summed E-state index contributed by atoms with van der Waals surface area (Å²) in [5.74, 6) is 0. The number of nitrogens with zero attached hydrogens (tertiary/aromatic N) is 2. The van der Waals surface area contributed by atoms with Gasteiger partial charge in [-0.2, -0.15) is 5.10 Å². The number of rotatable bonds is 5. The Hall–Kier alpha value is -0.500. The molecule has 1 atom stereocenters. The monoisotopic (exact) mass is 200 g/mol. The summed E-state index contributed by atoms with van der Waals surface area (Å²) in [6.45, 7) is 5.27. The number of hydrogen-bond donors (Lipinski definition) is 0. The third-order valence-corrected chi connectivity index (χ3v) is 2.67. The molecule has 1 heterocycles. The summed E-state index contributed by atoms with van der Waals surface area (Å²) in [5, 5.41) is 4.38. The van der Waals surface area contributed by atoms with Crippen LogP contribution in [0.3, 0.4) is 0 Å². The van der Waals surface area contributed by atoms with E-state index in [4.69, 9.17) is 11.6 Å². The molecular formula is C10H17ClN2. The second kappa shape index (κ2) is 5.28. The highest BCUT2D eigenvalue weighted by Crippen LogP contribution is 2.22. The fourth-order valence-corrected chi connectivity index (χ4v) is 1.33. The van der Waals surface area contributed by atoms with Crippen molar-refractivity contribution in [1.29, 1.82) is 0 Å². The SMILES string of the molecule is CCCCn1cc(C(Cl)CC)cn1. The van der Waals surface area contributed by atoms with Crippen molar-refractivity contribution in [3.05, 3.63) is 18.0 Å². The van der Waals surface area contributed by atoms with E-state index >= 15 is 0 Å². The van der Waals surface area contributed by atoms with Gasteiger partial charge in [-0.15, -0.1) is 11.6 Å². The smallest absolute Gasteiger partial charge is 0.0613 e. The van der Waals surface area contributed by atoms with Crippen LogP contribution in [0.2, 0.25) is 0 Å². The lowest BCUT2D eigenvalue weighted by Crippen LogP contribution is -1.97. The van der Waals surface area contributed by atoms with E-state index in [1.165, 1.54) is 12.8 Å². The van der Waals surface area contributed by atoms with E-state index in [0.717, 1.165) is 18.5 Å². The van der Waals surface area contributed by atoms with Crippen molar-refractivity contribution >= 4 is 11.6 Å². The Morgan fingerprint density at radius 1 is 1.54 bits per heavy atom. The zero-order valence-electron chi connectivity index (χ0n) is 8.33. The van der Waals surface area contributed by atoms with Crippen LogP contribution in [0.4, 0.5) is 0 Å². The first-order valence-electron chi connectivity index (χ1n) is 4.94. The molecule has 3 heteroatoms. The quantitative estimate of drug-likeness (QED) is 0.667. The lowest BCUT2D eigenvalue weighted by molar-refractivity contribution is 0.571. The molecule has 13 heavy (non-hydrogen) atoms. The van der Waals surface area contributed by atoms with Crippen LogP contribution in [0.5, 0.6) is 0 Å². The van der Waals surface area contributed by atoms with Crippen LogP contribution in [-0.4, -0.2) is 9.78 Å². The fraction of sp³-hybridized carbons (Fsp3) is 0.700. The number of halogens is 1. The lowest BCUT2D eigenvalue weighted by Gasteiger charge is -2.01. The van der Waals surface area contributed by atoms with Crippen molar-refractivity contribution in [3.63, 3.8) is 0 Å². The zero-order valence-corrected chi connectivity index (χ0v) is 9.09. The van der Waals surface area contributed by atoms with Crippen LogP contribution in [0, 0.1) is 0 Å². The van der Waals surface area contributed by atoms with Crippen molar-refractivity contribution < 1.29 is 0 Å². The van der Waals surface area contributed by atoms with Gasteiger partial charge in [-0.1, -0.05) is 20.3 Å². The Labute approximate surface area is 84.9 Å². The number of alkyl halides is 1. The number of unbranched alkanes of at least 4 members (excludes halogenated alkanes) is 1. The highest BCUT2D eigenvalue weighted by molar-refractivity contribution is 6.20. The maximum Gasteiger partial charge on any atom is 0.0613 e. The Bertz CT molecular complexity index is 245. The fourth-order valence-electron chi connectivity index (χ4n) is 1.22. The van der Waals surface area contributed by atoms with Gasteiger partial charge in [-0.05, 0) is 12.8 Å². The molecule has 0 aliphatic heterocycles. The van der Waals surface area contributed by atoms with Crippen LogP contribution >= 0.6 is 11.6 Å². The molecule has 1 rings (SSSR count). The third kappa shape index (κ3) is 3.03. The molecule has 2 nitrogen and oxygen atoms in total. The Kier molecular flexibility index (Phi) is 4.29. The average molecular weight is 201 g/mol. The Balaban J connectivity index is 2.53. The molecule has 0 bridgehead atoms. The molecule has 1 aromatic rings. The summed E-state index contributed by atoms with van der Waals surface area (Å²) >= 11 is 6.08. The summed E-state index contributed by atoms with van der Waals surface area (Å²) < 4.78 is 1.98. The standard InChI is InChI=1S/C10H17ClN2/c1-3-5-6-13-8-9(7-12-13)10(11)4-2/h7-8,10H,3-6H2,1-2H3. The predicted octanol–water partition coefficient (Wildman–Crippen LogP) is 3.37. The van der Waals surface area contributed by atoms with E-state index in [0.29, 0.717) is 0 Å². The summed E-state index contributed by atoms with van der Waals surface area (Å²) in [7, 11) is 0. The maximum atomic E-state index is 6.08. The highest BCUT2D eigenvalue weighted by Gasteiger charge is 2.06. The summed E-state index contributed by atoms with van der Waals surface area (Å²) in [6, 6.07) is 0.